The summed E-state index contributed by atoms with van der Waals surface area (Å²) in [6.07, 6.45) is 0. The fraction of sp³-hybridized carbons (Fsp3) is 0.231. The number of hydrogen-bond acceptors (Lipinski definition) is 4. The van der Waals surface area contributed by atoms with E-state index < -0.39 is 0 Å². The third kappa shape index (κ3) is 2.57. The van der Waals surface area contributed by atoms with Crippen LogP contribution in [-0.2, 0) is 0 Å². The van der Waals surface area contributed by atoms with Gasteiger partial charge in [-0.25, -0.2) is 4.98 Å². The van der Waals surface area contributed by atoms with Gasteiger partial charge in [0.1, 0.15) is 0 Å². The van der Waals surface area contributed by atoms with Crippen LogP contribution in [0.5, 0.6) is 0 Å². The first kappa shape index (κ1) is 11.9. The zero-order valence-electron chi connectivity index (χ0n) is 9.42. The molecule has 0 radical (unpaired) electrons. The van der Waals surface area contributed by atoms with Gasteiger partial charge in [-0.05, 0) is 12.1 Å². The Hall–Kier alpha value is -1.57. The average Bonchev–Trinajstić information content (AvgIpc) is 2.37. The lowest BCUT2D eigenvalue weighted by molar-refractivity contribution is 0.300. The molecule has 1 N–H and O–H groups in total. The molecule has 0 saturated carbocycles. The van der Waals surface area contributed by atoms with E-state index >= 15 is 0 Å². The van der Waals surface area contributed by atoms with E-state index in [1.807, 2.05) is 31.2 Å². The van der Waals surface area contributed by atoms with Crippen LogP contribution in [0.25, 0.3) is 10.9 Å². The summed E-state index contributed by atoms with van der Waals surface area (Å²) in [5.74, 6) is 0. The minimum absolute atomic E-state index is 0.0789. The summed E-state index contributed by atoms with van der Waals surface area (Å²) < 4.78 is 0. The molecule has 0 bridgehead atoms. The van der Waals surface area contributed by atoms with Gasteiger partial charge in [0.2, 0.25) is 0 Å². The summed E-state index contributed by atoms with van der Waals surface area (Å²) in [4.78, 5) is 4.47. The van der Waals surface area contributed by atoms with Crippen LogP contribution in [0.3, 0.4) is 0 Å². The number of thioether (sulfide) groups is 1. The monoisotopic (exact) mass is 244 g/mol. The molecular formula is C13H12N2OS. The number of nitrogens with zero attached hydrogens (tertiary/aromatic N) is 2. The van der Waals surface area contributed by atoms with E-state index in [9.17, 15) is 0 Å². The zero-order valence-corrected chi connectivity index (χ0v) is 10.2. The lowest BCUT2D eigenvalue weighted by Gasteiger charge is -2.08. The highest BCUT2D eigenvalue weighted by Gasteiger charge is 2.08. The standard InChI is InChI=1S/C13H12N2OS/c1-9(8-16)17-13-6-10(7-14)11-4-2-3-5-12(11)15-13/h2-6,9,16H,8H2,1H3. The van der Waals surface area contributed by atoms with Crippen LogP contribution in [-0.4, -0.2) is 21.9 Å². The van der Waals surface area contributed by atoms with E-state index in [1.54, 1.807) is 6.07 Å². The van der Waals surface area contributed by atoms with Crippen molar-refractivity contribution < 1.29 is 5.11 Å². The Balaban J connectivity index is 2.50. The van der Waals surface area contributed by atoms with E-state index in [0.717, 1.165) is 15.9 Å². The lowest BCUT2D eigenvalue weighted by atomic mass is 10.1. The molecule has 2 rings (SSSR count). The maximum absolute atomic E-state index is 9.11. The smallest absolute Gasteiger partial charge is 0.0999 e. The van der Waals surface area contributed by atoms with Crippen LogP contribution in [0.15, 0.2) is 35.4 Å². The van der Waals surface area contributed by atoms with Crippen molar-refractivity contribution in [3.05, 3.63) is 35.9 Å². The van der Waals surface area contributed by atoms with Crippen molar-refractivity contribution in [2.24, 2.45) is 0 Å². The second-order valence-electron chi connectivity index (χ2n) is 3.75. The zero-order chi connectivity index (χ0) is 12.3. The van der Waals surface area contributed by atoms with Crippen molar-refractivity contribution in [2.75, 3.05) is 6.61 Å². The lowest BCUT2D eigenvalue weighted by Crippen LogP contribution is -2.02. The highest BCUT2D eigenvalue weighted by Crippen LogP contribution is 2.26. The van der Waals surface area contributed by atoms with E-state index in [0.29, 0.717) is 5.56 Å². The highest BCUT2D eigenvalue weighted by molar-refractivity contribution is 7.99. The number of benzene rings is 1. The molecule has 0 aliphatic rings. The Labute approximate surface area is 104 Å². The van der Waals surface area contributed by atoms with Crippen molar-refractivity contribution in [3.8, 4) is 6.07 Å². The number of rotatable bonds is 3. The molecule has 4 heteroatoms. The van der Waals surface area contributed by atoms with Crippen LogP contribution < -0.4 is 0 Å². The van der Waals surface area contributed by atoms with Crippen LogP contribution in [0.2, 0.25) is 0 Å². The molecule has 1 atom stereocenters. The molecule has 2 aromatic rings. The second-order valence-corrected chi connectivity index (χ2v) is 5.21. The largest absolute Gasteiger partial charge is 0.395 e. The number of para-hydroxylation sites is 1. The Bertz CT molecular complexity index is 577. The van der Waals surface area contributed by atoms with Gasteiger partial charge in [0.25, 0.3) is 0 Å². The van der Waals surface area contributed by atoms with Gasteiger partial charge in [-0.2, -0.15) is 5.26 Å². The average molecular weight is 244 g/mol. The van der Waals surface area contributed by atoms with Gasteiger partial charge in [0.05, 0.1) is 28.8 Å². The van der Waals surface area contributed by atoms with E-state index in [1.165, 1.54) is 11.8 Å². The van der Waals surface area contributed by atoms with Gasteiger partial charge in [-0.15, -0.1) is 11.8 Å². The van der Waals surface area contributed by atoms with Crippen LogP contribution >= 0.6 is 11.8 Å². The third-order valence-corrected chi connectivity index (χ3v) is 3.39. The summed E-state index contributed by atoms with van der Waals surface area (Å²) >= 11 is 1.48. The predicted octanol–water partition coefficient (Wildman–Crippen LogP) is 2.58. The van der Waals surface area contributed by atoms with Gasteiger partial charge in [-0.3, -0.25) is 0 Å². The molecular weight excluding hydrogens is 232 g/mol. The maximum Gasteiger partial charge on any atom is 0.0999 e. The summed E-state index contributed by atoms with van der Waals surface area (Å²) in [7, 11) is 0. The molecule has 1 aromatic heterocycles. The third-order valence-electron chi connectivity index (χ3n) is 2.39. The van der Waals surface area contributed by atoms with Gasteiger partial charge in [0, 0.05) is 10.6 Å². The molecule has 1 heterocycles. The first-order valence-electron chi connectivity index (χ1n) is 5.32. The van der Waals surface area contributed by atoms with Crippen molar-refractivity contribution in [3.63, 3.8) is 0 Å². The summed E-state index contributed by atoms with van der Waals surface area (Å²) in [5, 5.41) is 19.9. The number of hydrogen-bond donors (Lipinski definition) is 1. The second kappa shape index (κ2) is 5.17. The Morgan fingerprint density at radius 1 is 1.47 bits per heavy atom. The summed E-state index contributed by atoms with van der Waals surface area (Å²) in [5.41, 5.74) is 1.45. The number of aliphatic hydroxyl groups is 1. The van der Waals surface area contributed by atoms with Gasteiger partial charge < -0.3 is 5.11 Å². The highest BCUT2D eigenvalue weighted by atomic mass is 32.2. The van der Waals surface area contributed by atoms with Gasteiger partial charge in [-0.1, -0.05) is 25.1 Å². The van der Waals surface area contributed by atoms with Crippen molar-refractivity contribution in [1.29, 1.82) is 5.26 Å². The normalized spacial score (nSPS) is 12.3. The molecule has 0 aliphatic carbocycles. The van der Waals surface area contributed by atoms with E-state index in [4.69, 9.17) is 10.4 Å². The molecule has 0 spiro atoms. The van der Waals surface area contributed by atoms with Crippen molar-refractivity contribution in [1.82, 2.24) is 4.98 Å². The summed E-state index contributed by atoms with van der Waals surface area (Å²) in [6.45, 7) is 2.02. The fourth-order valence-corrected chi connectivity index (χ4v) is 2.37. The Morgan fingerprint density at radius 2 is 2.24 bits per heavy atom. The fourth-order valence-electron chi connectivity index (χ4n) is 1.55. The minimum atomic E-state index is 0.0789. The summed E-state index contributed by atoms with van der Waals surface area (Å²) in [6, 6.07) is 11.5. The van der Waals surface area contributed by atoms with Crippen LogP contribution in [0, 0.1) is 11.3 Å². The number of aromatic nitrogens is 1. The Morgan fingerprint density at radius 3 is 2.94 bits per heavy atom. The molecule has 0 saturated heterocycles. The van der Waals surface area contributed by atoms with Gasteiger partial charge >= 0.3 is 0 Å². The quantitative estimate of drug-likeness (QED) is 0.843. The van der Waals surface area contributed by atoms with Crippen molar-refractivity contribution in [2.45, 2.75) is 17.2 Å². The molecule has 0 fully saturated rings. The number of pyridine rings is 1. The molecule has 1 unspecified atom stereocenters. The molecule has 86 valence electrons. The molecule has 0 amide bonds. The first-order chi connectivity index (χ1) is 8.24. The Kier molecular flexibility index (Phi) is 3.62. The van der Waals surface area contributed by atoms with E-state index in [-0.39, 0.29) is 11.9 Å². The van der Waals surface area contributed by atoms with Crippen molar-refractivity contribution >= 4 is 22.7 Å². The molecule has 0 aliphatic heterocycles. The molecule has 1 aromatic carbocycles. The number of nitriles is 1. The SMILES string of the molecule is CC(CO)Sc1cc(C#N)c2ccccc2n1. The van der Waals surface area contributed by atoms with Gasteiger partial charge in [0.15, 0.2) is 0 Å². The predicted molar refractivity (Wildman–Crippen MR) is 68.9 cm³/mol. The topological polar surface area (TPSA) is 56.9 Å². The number of fused-ring (bicyclic) bond motifs is 1. The maximum atomic E-state index is 9.11. The van der Waals surface area contributed by atoms with Crippen LogP contribution in [0.1, 0.15) is 12.5 Å². The van der Waals surface area contributed by atoms with Crippen LogP contribution in [0.4, 0.5) is 0 Å². The first-order valence-corrected chi connectivity index (χ1v) is 6.20. The van der Waals surface area contributed by atoms with E-state index in [2.05, 4.69) is 11.1 Å². The molecule has 17 heavy (non-hydrogen) atoms. The minimum Gasteiger partial charge on any atom is -0.395 e. The number of aliphatic hydroxyl groups excluding tert-OH is 1. The molecule has 3 nitrogen and oxygen atoms in total.